The number of rotatable bonds is 6. The van der Waals surface area contributed by atoms with Gasteiger partial charge in [-0.3, -0.25) is 15.0 Å². The van der Waals surface area contributed by atoms with Crippen LogP contribution in [0.2, 0.25) is 0 Å². The molecule has 0 unspecified atom stereocenters. The monoisotopic (exact) mass is 439 g/mol. The van der Waals surface area contributed by atoms with Crippen molar-refractivity contribution in [2.45, 2.75) is 26.2 Å². The van der Waals surface area contributed by atoms with Crippen LogP contribution < -0.4 is 15.6 Å². The van der Waals surface area contributed by atoms with Gasteiger partial charge in [0.1, 0.15) is 11.5 Å². The molecule has 1 aliphatic carbocycles. The number of carbonyl (C=O) groups is 2. The van der Waals surface area contributed by atoms with E-state index in [0.29, 0.717) is 17.9 Å². The van der Waals surface area contributed by atoms with E-state index in [-0.39, 0.29) is 18.4 Å². The molecule has 32 heavy (non-hydrogen) atoms. The minimum atomic E-state index is -0.345. The van der Waals surface area contributed by atoms with Gasteiger partial charge < -0.3 is 14.1 Å². The molecule has 2 aliphatic rings. The molecule has 0 atom stereocenters. The fourth-order valence-electron chi connectivity index (χ4n) is 3.94. The summed E-state index contributed by atoms with van der Waals surface area (Å²) in [6, 6.07) is 9.14. The van der Waals surface area contributed by atoms with Gasteiger partial charge in [-0.2, -0.15) is 5.10 Å². The lowest BCUT2D eigenvalue weighted by atomic mass is 9.93. The van der Waals surface area contributed by atoms with Crippen molar-refractivity contribution < 1.29 is 18.7 Å². The summed E-state index contributed by atoms with van der Waals surface area (Å²) >= 11 is 0. The van der Waals surface area contributed by atoms with E-state index in [1.165, 1.54) is 0 Å². The summed E-state index contributed by atoms with van der Waals surface area (Å²) in [6.07, 6.45) is 2.28. The highest BCUT2D eigenvalue weighted by Crippen LogP contribution is 2.30. The molecular formula is C23H29N5O4. The van der Waals surface area contributed by atoms with Gasteiger partial charge >= 0.3 is 5.91 Å². The molecule has 1 aliphatic heterocycles. The molecule has 2 N–H and O–H groups in total. The first-order chi connectivity index (χ1) is 15.5. The maximum absolute atomic E-state index is 12.8. The van der Waals surface area contributed by atoms with E-state index < -0.39 is 0 Å². The highest BCUT2D eigenvalue weighted by atomic mass is 16.5. The fourth-order valence-corrected chi connectivity index (χ4v) is 3.94. The summed E-state index contributed by atoms with van der Waals surface area (Å²) in [5.41, 5.74) is 7.81. The molecule has 0 bridgehead atoms. The SMILES string of the molecule is Cc1c(C(=O)NN2CCN(C)CC2)oc2c1/C(=N/NC(=O)COc1ccccc1)CCC2. The maximum Gasteiger partial charge on any atom is 0.301 e. The molecule has 0 saturated carbocycles. The number of amides is 2. The van der Waals surface area contributed by atoms with E-state index in [4.69, 9.17) is 9.15 Å². The summed E-state index contributed by atoms with van der Waals surface area (Å²) in [6.45, 7) is 5.08. The molecule has 170 valence electrons. The molecule has 9 heteroatoms. The number of para-hydroxylation sites is 1. The second-order valence-electron chi connectivity index (χ2n) is 8.13. The smallest absolute Gasteiger partial charge is 0.301 e. The number of benzene rings is 1. The van der Waals surface area contributed by atoms with Crippen molar-refractivity contribution in [3.8, 4) is 5.75 Å². The third-order valence-electron chi connectivity index (χ3n) is 5.72. The summed E-state index contributed by atoms with van der Waals surface area (Å²) in [7, 11) is 2.07. The largest absolute Gasteiger partial charge is 0.484 e. The third kappa shape index (κ3) is 5.17. The molecular weight excluding hydrogens is 410 g/mol. The molecule has 2 heterocycles. The van der Waals surface area contributed by atoms with Crippen LogP contribution in [-0.4, -0.2) is 67.3 Å². The third-order valence-corrected chi connectivity index (χ3v) is 5.72. The van der Waals surface area contributed by atoms with Gasteiger partial charge in [0.15, 0.2) is 12.4 Å². The number of carbonyl (C=O) groups excluding carboxylic acids is 2. The molecule has 0 spiro atoms. The number of hydrazine groups is 1. The predicted molar refractivity (Wildman–Crippen MR) is 120 cm³/mol. The first-order valence-electron chi connectivity index (χ1n) is 10.9. The average Bonchev–Trinajstić information content (AvgIpc) is 3.16. The minimum absolute atomic E-state index is 0.128. The number of piperazine rings is 1. The number of nitrogens with zero attached hydrogens (tertiary/aromatic N) is 3. The molecule has 2 amide bonds. The van der Waals surface area contributed by atoms with Gasteiger partial charge in [-0.05, 0) is 38.9 Å². The Morgan fingerprint density at radius 1 is 1.12 bits per heavy atom. The maximum atomic E-state index is 12.8. The van der Waals surface area contributed by atoms with Crippen LogP contribution in [0.15, 0.2) is 39.9 Å². The van der Waals surface area contributed by atoms with Crippen molar-refractivity contribution in [1.29, 1.82) is 0 Å². The summed E-state index contributed by atoms with van der Waals surface area (Å²) < 4.78 is 11.4. The van der Waals surface area contributed by atoms with Gasteiger partial charge in [0, 0.05) is 43.7 Å². The molecule has 0 radical (unpaired) electrons. The van der Waals surface area contributed by atoms with Gasteiger partial charge in [-0.25, -0.2) is 10.4 Å². The fraction of sp³-hybridized carbons (Fsp3) is 0.435. The van der Waals surface area contributed by atoms with Crippen LogP contribution in [0.4, 0.5) is 0 Å². The molecule has 4 rings (SSSR count). The summed E-state index contributed by atoms with van der Waals surface area (Å²) in [5.74, 6) is 1.08. The van der Waals surface area contributed by atoms with Gasteiger partial charge in [0.25, 0.3) is 5.91 Å². The van der Waals surface area contributed by atoms with Crippen molar-refractivity contribution in [3.05, 3.63) is 53.0 Å². The molecule has 9 nitrogen and oxygen atoms in total. The van der Waals surface area contributed by atoms with Crippen molar-refractivity contribution in [3.63, 3.8) is 0 Å². The number of hydrogen-bond acceptors (Lipinski definition) is 7. The van der Waals surface area contributed by atoms with E-state index in [9.17, 15) is 9.59 Å². The number of furan rings is 1. The van der Waals surface area contributed by atoms with Crippen LogP contribution in [0.1, 0.15) is 40.3 Å². The Hall–Kier alpha value is -3.17. The van der Waals surface area contributed by atoms with Gasteiger partial charge in [-0.1, -0.05) is 18.2 Å². The second kappa shape index (κ2) is 9.97. The molecule has 1 aromatic heterocycles. The first-order valence-corrected chi connectivity index (χ1v) is 10.9. The quantitative estimate of drug-likeness (QED) is 0.665. The Kier molecular flexibility index (Phi) is 6.87. The zero-order valence-corrected chi connectivity index (χ0v) is 18.5. The van der Waals surface area contributed by atoms with Crippen LogP contribution in [0, 0.1) is 6.92 Å². The number of ether oxygens (including phenoxy) is 1. The van der Waals surface area contributed by atoms with E-state index >= 15 is 0 Å². The van der Waals surface area contributed by atoms with Gasteiger partial charge in [0.05, 0.1) is 5.71 Å². The van der Waals surface area contributed by atoms with E-state index in [0.717, 1.165) is 61.6 Å². The predicted octanol–water partition coefficient (Wildman–Crippen LogP) is 1.72. The average molecular weight is 440 g/mol. The number of nitrogens with one attached hydrogen (secondary N) is 2. The number of aryl methyl sites for hydroxylation is 1. The lowest BCUT2D eigenvalue weighted by Crippen LogP contribution is -2.52. The van der Waals surface area contributed by atoms with Crippen LogP contribution in [0.3, 0.4) is 0 Å². The van der Waals surface area contributed by atoms with Gasteiger partial charge in [-0.15, -0.1) is 0 Å². The number of fused-ring (bicyclic) bond motifs is 1. The zero-order valence-electron chi connectivity index (χ0n) is 18.5. The summed E-state index contributed by atoms with van der Waals surface area (Å²) in [4.78, 5) is 27.2. The lowest BCUT2D eigenvalue weighted by Gasteiger charge is -2.32. The summed E-state index contributed by atoms with van der Waals surface area (Å²) in [5, 5.41) is 6.25. The molecule has 2 aromatic rings. The Balaban J connectivity index is 1.41. The second-order valence-corrected chi connectivity index (χ2v) is 8.13. The Bertz CT molecular complexity index is 993. The van der Waals surface area contributed by atoms with E-state index in [1.54, 1.807) is 12.1 Å². The minimum Gasteiger partial charge on any atom is -0.484 e. The van der Waals surface area contributed by atoms with Gasteiger partial charge in [0.2, 0.25) is 0 Å². The van der Waals surface area contributed by atoms with Crippen LogP contribution in [0.25, 0.3) is 0 Å². The van der Waals surface area contributed by atoms with Crippen LogP contribution >= 0.6 is 0 Å². The number of hydrogen-bond donors (Lipinski definition) is 2. The van der Waals surface area contributed by atoms with Crippen molar-refractivity contribution >= 4 is 17.5 Å². The molecule has 1 fully saturated rings. The number of likely N-dealkylation sites (N-methyl/N-ethyl adjacent to an activating group) is 1. The number of hydrazone groups is 1. The van der Waals surface area contributed by atoms with Crippen molar-refractivity contribution in [2.75, 3.05) is 39.8 Å². The zero-order chi connectivity index (χ0) is 22.5. The normalized spacial score (nSPS) is 18.2. The Morgan fingerprint density at radius 3 is 2.62 bits per heavy atom. The highest BCUT2D eigenvalue weighted by molar-refractivity contribution is 6.06. The lowest BCUT2D eigenvalue weighted by molar-refractivity contribution is -0.123. The first kappa shape index (κ1) is 22.0. The standard InChI is InChI=1S/C23H29N5O4/c1-16-21-18(24-25-20(29)15-31-17-7-4-3-5-8-17)9-6-10-19(21)32-22(16)23(30)26-28-13-11-27(2)12-14-28/h3-5,7-8H,6,9-15H2,1-2H3,(H,25,29)(H,26,30)/b24-18+. The van der Waals surface area contributed by atoms with Crippen molar-refractivity contribution in [2.24, 2.45) is 5.10 Å². The van der Waals surface area contributed by atoms with E-state index in [1.807, 2.05) is 30.1 Å². The Morgan fingerprint density at radius 2 is 1.88 bits per heavy atom. The Labute approximate surface area is 187 Å². The van der Waals surface area contributed by atoms with E-state index in [2.05, 4.69) is 27.9 Å². The molecule has 1 aromatic carbocycles. The molecule has 1 saturated heterocycles. The highest BCUT2D eigenvalue weighted by Gasteiger charge is 2.29. The van der Waals surface area contributed by atoms with Crippen LogP contribution in [-0.2, 0) is 11.2 Å². The topological polar surface area (TPSA) is 99.4 Å². The van der Waals surface area contributed by atoms with Crippen LogP contribution in [0.5, 0.6) is 5.75 Å². The van der Waals surface area contributed by atoms with Crippen molar-refractivity contribution in [1.82, 2.24) is 20.8 Å².